The molecule has 0 aromatic rings. The maximum Gasteiger partial charge on any atom is 0.328 e. The van der Waals surface area contributed by atoms with E-state index in [9.17, 15) is 9.59 Å². The molecule has 0 bridgehead atoms. The van der Waals surface area contributed by atoms with Crippen molar-refractivity contribution in [2.24, 2.45) is 0 Å². The van der Waals surface area contributed by atoms with E-state index >= 15 is 0 Å². The molecule has 0 rings (SSSR count). The molecule has 6 nitrogen and oxygen atoms in total. The molecular weight excluding hydrogens is 178 g/mol. The molecule has 6 heteroatoms. The monoisotopic (exact) mass is 187 g/mol. The van der Waals surface area contributed by atoms with Crippen molar-refractivity contribution in [2.45, 2.75) is 5.91 Å². The van der Waals surface area contributed by atoms with Crippen LogP contribution < -0.4 is 5.32 Å². The van der Waals surface area contributed by atoms with E-state index in [0.717, 1.165) is 0 Å². The van der Waals surface area contributed by atoms with Crippen LogP contribution in [0.4, 0.5) is 0 Å². The SMILES string of the molecule is C=CC(O)(O)NC(=O)/C=C\C(=O)O. The second-order valence-corrected chi connectivity index (χ2v) is 2.09. The quantitative estimate of drug-likeness (QED) is 0.245. The molecule has 0 aliphatic carbocycles. The molecule has 4 N–H and O–H groups in total. The standard InChI is InChI=1S/C7H9NO5/c1-2-7(12,13)8-5(9)3-4-6(10)11/h2-4,12-13H,1H2,(H,8,9)(H,10,11)/b4-3-. The highest BCUT2D eigenvalue weighted by Gasteiger charge is 2.19. The predicted molar refractivity (Wildman–Crippen MR) is 42.3 cm³/mol. The maximum atomic E-state index is 10.7. The van der Waals surface area contributed by atoms with E-state index in [1.165, 1.54) is 0 Å². The lowest BCUT2D eigenvalue weighted by atomic mass is 10.4. The van der Waals surface area contributed by atoms with Gasteiger partial charge in [-0.1, -0.05) is 6.58 Å². The first-order chi connectivity index (χ1) is 5.87. The Morgan fingerprint density at radius 1 is 1.31 bits per heavy atom. The Hall–Kier alpha value is -1.66. The van der Waals surface area contributed by atoms with Crippen molar-refractivity contribution in [3.05, 3.63) is 24.8 Å². The molecule has 0 spiro atoms. The van der Waals surface area contributed by atoms with Gasteiger partial charge in [0.25, 0.3) is 5.91 Å². The van der Waals surface area contributed by atoms with Crippen molar-refractivity contribution in [2.75, 3.05) is 0 Å². The molecule has 1 amide bonds. The second kappa shape index (κ2) is 4.39. The Labute approximate surface area is 73.8 Å². The van der Waals surface area contributed by atoms with E-state index in [1.807, 2.05) is 0 Å². The third-order valence-electron chi connectivity index (χ3n) is 0.969. The van der Waals surface area contributed by atoms with Gasteiger partial charge in [-0.2, -0.15) is 0 Å². The Morgan fingerprint density at radius 3 is 2.23 bits per heavy atom. The number of carboxylic acid groups (broad SMARTS) is 1. The summed E-state index contributed by atoms with van der Waals surface area (Å²) in [5.41, 5.74) is 0. The summed E-state index contributed by atoms with van der Waals surface area (Å²) in [6.45, 7) is 3.03. The van der Waals surface area contributed by atoms with Gasteiger partial charge in [-0.25, -0.2) is 4.79 Å². The molecule has 0 radical (unpaired) electrons. The summed E-state index contributed by atoms with van der Waals surface area (Å²) in [6.07, 6.45) is 1.89. The van der Waals surface area contributed by atoms with Crippen LogP contribution in [0.3, 0.4) is 0 Å². The molecule has 0 saturated heterocycles. The summed E-state index contributed by atoms with van der Waals surface area (Å²) >= 11 is 0. The zero-order valence-electron chi connectivity index (χ0n) is 6.60. The lowest BCUT2D eigenvalue weighted by Crippen LogP contribution is -2.45. The fraction of sp³-hybridized carbons (Fsp3) is 0.143. The van der Waals surface area contributed by atoms with Gasteiger partial charge < -0.3 is 15.3 Å². The smallest absolute Gasteiger partial charge is 0.328 e. The topological polar surface area (TPSA) is 107 Å². The third kappa shape index (κ3) is 5.59. The number of hydrogen-bond acceptors (Lipinski definition) is 4. The molecule has 13 heavy (non-hydrogen) atoms. The van der Waals surface area contributed by atoms with Crippen LogP contribution in [0, 0.1) is 0 Å². The molecule has 0 aliphatic rings. The minimum atomic E-state index is -2.53. The summed E-state index contributed by atoms with van der Waals surface area (Å²) in [4.78, 5) is 20.6. The van der Waals surface area contributed by atoms with Gasteiger partial charge in [-0.05, 0) is 6.08 Å². The van der Waals surface area contributed by atoms with Crippen LogP contribution in [0.15, 0.2) is 24.8 Å². The number of carbonyl (C=O) groups is 2. The van der Waals surface area contributed by atoms with Gasteiger partial charge in [0.1, 0.15) is 0 Å². The molecule has 0 atom stereocenters. The summed E-state index contributed by atoms with van der Waals surface area (Å²) in [6, 6.07) is 0. The fourth-order valence-corrected chi connectivity index (χ4v) is 0.421. The Balaban J connectivity index is 4.17. The first-order valence-corrected chi connectivity index (χ1v) is 3.19. The van der Waals surface area contributed by atoms with Crippen molar-refractivity contribution in [1.82, 2.24) is 5.32 Å². The Bertz CT molecular complexity index is 256. The summed E-state index contributed by atoms with van der Waals surface area (Å²) in [5.74, 6) is -4.79. The largest absolute Gasteiger partial charge is 0.478 e. The number of nitrogens with one attached hydrogen (secondary N) is 1. The van der Waals surface area contributed by atoms with E-state index in [4.69, 9.17) is 15.3 Å². The van der Waals surface area contributed by atoms with E-state index in [1.54, 1.807) is 5.32 Å². The number of aliphatic hydroxyl groups is 2. The van der Waals surface area contributed by atoms with Crippen LogP contribution in [0.1, 0.15) is 0 Å². The molecule has 0 aliphatic heterocycles. The van der Waals surface area contributed by atoms with Crippen LogP contribution in [0.5, 0.6) is 0 Å². The minimum Gasteiger partial charge on any atom is -0.478 e. The molecular formula is C7H9NO5. The molecule has 0 unspecified atom stereocenters. The van der Waals surface area contributed by atoms with Crippen LogP contribution in [-0.4, -0.2) is 33.1 Å². The van der Waals surface area contributed by atoms with E-state index in [-0.39, 0.29) is 0 Å². The van der Waals surface area contributed by atoms with Crippen LogP contribution in [0.25, 0.3) is 0 Å². The Kier molecular flexibility index (Phi) is 3.83. The van der Waals surface area contributed by atoms with Crippen LogP contribution in [-0.2, 0) is 9.59 Å². The highest BCUT2D eigenvalue weighted by atomic mass is 16.5. The molecule has 0 heterocycles. The van der Waals surface area contributed by atoms with Crippen molar-refractivity contribution < 1.29 is 24.9 Å². The van der Waals surface area contributed by atoms with Gasteiger partial charge in [0.15, 0.2) is 0 Å². The van der Waals surface area contributed by atoms with Crippen molar-refractivity contribution in [3.8, 4) is 0 Å². The van der Waals surface area contributed by atoms with Crippen molar-refractivity contribution in [1.29, 1.82) is 0 Å². The average molecular weight is 187 g/mol. The Morgan fingerprint density at radius 2 is 1.85 bits per heavy atom. The van der Waals surface area contributed by atoms with Gasteiger partial charge in [-0.15, -0.1) is 0 Å². The lowest BCUT2D eigenvalue weighted by Gasteiger charge is -2.16. The van der Waals surface area contributed by atoms with Gasteiger partial charge in [0, 0.05) is 12.2 Å². The predicted octanol–water partition coefficient (Wildman–Crippen LogP) is -1.43. The highest BCUT2D eigenvalue weighted by Crippen LogP contribution is 1.93. The number of carbonyl (C=O) groups excluding carboxylic acids is 1. The third-order valence-corrected chi connectivity index (χ3v) is 0.969. The molecule has 0 aromatic carbocycles. The summed E-state index contributed by atoms with van der Waals surface area (Å²) in [7, 11) is 0. The van der Waals surface area contributed by atoms with Crippen molar-refractivity contribution in [3.63, 3.8) is 0 Å². The normalized spacial score (nSPS) is 11.2. The van der Waals surface area contributed by atoms with Crippen LogP contribution >= 0.6 is 0 Å². The molecule has 72 valence electrons. The average Bonchev–Trinajstić information content (AvgIpc) is 2.00. The molecule has 0 fully saturated rings. The lowest BCUT2D eigenvalue weighted by molar-refractivity contribution is -0.157. The number of rotatable bonds is 4. The first kappa shape index (κ1) is 11.3. The first-order valence-electron chi connectivity index (χ1n) is 3.19. The second-order valence-electron chi connectivity index (χ2n) is 2.09. The van der Waals surface area contributed by atoms with E-state index in [0.29, 0.717) is 18.2 Å². The molecule has 0 aromatic heterocycles. The van der Waals surface area contributed by atoms with E-state index in [2.05, 4.69) is 6.58 Å². The minimum absolute atomic E-state index is 0.564. The number of aliphatic carboxylic acids is 1. The van der Waals surface area contributed by atoms with Crippen molar-refractivity contribution >= 4 is 11.9 Å². The molecule has 0 saturated carbocycles. The van der Waals surface area contributed by atoms with Crippen LogP contribution in [0.2, 0.25) is 0 Å². The summed E-state index contributed by atoms with van der Waals surface area (Å²) < 4.78 is 0. The zero-order chi connectivity index (χ0) is 10.5. The van der Waals surface area contributed by atoms with E-state index < -0.39 is 17.8 Å². The van der Waals surface area contributed by atoms with Gasteiger partial charge in [0.2, 0.25) is 5.91 Å². The number of carboxylic acids is 1. The van der Waals surface area contributed by atoms with Gasteiger partial charge in [0.05, 0.1) is 0 Å². The number of hydrogen-bond donors (Lipinski definition) is 4. The summed E-state index contributed by atoms with van der Waals surface area (Å²) in [5, 5.41) is 27.3. The zero-order valence-corrected chi connectivity index (χ0v) is 6.60. The van der Waals surface area contributed by atoms with Gasteiger partial charge in [-0.3, -0.25) is 10.1 Å². The fourth-order valence-electron chi connectivity index (χ4n) is 0.421. The number of amides is 1. The highest BCUT2D eigenvalue weighted by molar-refractivity contribution is 5.94. The van der Waals surface area contributed by atoms with Gasteiger partial charge >= 0.3 is 5.97 Å². The maximum absolute atomic E-state index is 10.7.